The summed E-state index contributed by atoms with van der Waals surface area (Å²) in [6, 6.07) is 7.79. The van der Waals surface area contributed by atoms with Crippen molar-refractivity contribution >= 4 is 11.7 Å². The molecule has 0 aromatic heterocycles. The number of ether oxygens (including phenoxy) is 1. The van der Waals surface area contributed by atoms with E-state index in [0.29, 0.717) is 29.9 Å². The largest absolute Gasteiger partial charge is 0.495 e. The van der Waals surface area contributed by atoms with Gasteiger partial charge in [-0.2, -0.15) is 0 Å². The number of piperidine rings is 1. The van der Waals surface area contributed by atoms with Gasteiger partial charge in [0.1, 0.15) is 5.75 Å². The van der Waals surface area contributed by atoms with E-state index < -0.39 is 0 Å². The van der Waals surface area contributed by atoms with Crippen LogP contribution in [0.5, 0.6) is 5.75 Å². The SMILES string of the molecule is COc1ccccc1NC(=O)NCC1CCC(C)NC1. The molecule has 1 heterocycles. The van der Waals surface area contributed by atoms with E-state index in [1.165, 1.54) is 6.42 Å². The van der Waals surface area contributed by atoms with Gasteiger partial charge < -0.3 is 20.7 Å². The highest BCUT2D eigenvalue weighted by Crippen LogP contribution is 2.22. The van der Waals surface area contributed by atoms with Gasteiger partial charge in [-0.15, -0.1) is 0 Å². The van der Waals surface area contributed by atoms with Crippen LogP contribution in [0.25, 0.3) is 0 Å². The average molecular weight is 277 g/mol. The van der Waals surface area contributed by atoms with Crippen LogP contribution >= 0.6 is 0 Å². The Balaban J connectivity index is 1.78. The number of hydrogen-bond acceptors (Lipinski definition) is 3. The fraction of sp³-hybridized carbons (Fsp3) is 0.533. The zero-order chi connectivity index (χ0) is 14.4. The number of amides is 2. The summed E-state index contributed by atoms with van der Waals surface area (Å²) in [6.07, 6.45) is 2.32. The van der Waals surface area contributed by atoms with Crippen LogP contribution in [0.3, 0.4) is 0 Å². The monoisotopic (exact) mass is 277 g/mol. The van der Waals surface area contributed by atoms with Crippen molar-refractivity contribution in [3.63, 3.8) is 0 Å². The molecule has 1 aliphatic heterocycles. The summed E-state index contributed by atoms with van der Waals surface area (Å²) < 4.78 is 5.20. The predicted molar refractivity (Wildman–Crippen MR) is 80.2 cm³/mol. The molecule has 1 saturated heterocycles. The molecule has 2 atom stereocenters. The molecule has 1 fully saturated rings. The van der Waals surface area contributed by atoms with Crippen molar-refractivity contribution < 1.29 is 9.53 Å². The van der Waals surface area contributed by atoms with Crippen LogP contribution in [0.15, 0.2) is 24.3 Å². The van der Waals surface area contributed by atoms with Crippen molar-refractivity contribution in [2.45, 2.75) is 25.8 Å². The lowest BCUT2D eigenvalue weighted by Gasteiger charge is -2.27. The molecule has 0 aliphatic carbocycles. The van der Waals surface area contributed by atoms with Crippen LogP contribution in [-0.4, -0.2) is 32.3 Å². The van der Waals surface area contributed by atoms with Gasteiger partial charge in [0.25, 0.3) is 0 Å². The van der Waals surface area contributed by atoms with Crippen molar-refractivity contribution in [3.05, 3.63) is 24.3 Å². The molecule has 1 aromatic carbocycles. The van der Waals surface area contributed by atoms with Gasteiger partial charge >= 0.3 is 6.03 Å². The van der Waals surface area contributed by atoms with E-state index >= 15 is 0 Å². The second-order valence-corrected chi connectivity index (χ2v) is 5.29. The zero-order valence-electron chi connectivity index (χ0n) is 12.1. The second kappa shape index (κ2) is 7.14. The summed E-state index contributed by atoms with van der Waals surface area (Å²) in [6.45, 7) is 3.86. The van der Waals surface area contributed by atoms with E-state index in [0.717, 1.165) is 13.0 Å². The van der Waals surface area contributed by atoms with E-state index in [9.17, 15) is 4.79 Å². The minimum absolute atomic E-state index is 0.187. The third-order valence-corrected chi connectivity index (χ3v) is 3.67. The lowest BCUT2D eigenvalue weighted by atomic mass is 9.95. The highest BCUT2D eigenvalue weighted by Gasteiger charge is 2.18. The number of anilines is 1. The summed E-state index contributed by atoms with van der Waals surface area (Å²) in [7, 11) is 1.59. The number of para-hydroxylation sites is 2. The van der Waals surface area contributed by atoms with Crippen molar-refractivity contribution in [2.24, 2.45) is 5.92 Å². The fourth-order valence-electron chi connectivity index (χ4n) is 2.38. The maximum Gasteiger partial charge on any atom is 0.319 e. The van der Waals surface area contributed by atoms with Gasteiger partial charge in [0, 0.05) is 12.6 Å². The first kappa shape index (κ1) is 14.7. The lowest BCUT2D eigenvalue weighted by molar-refractivity contribution is 0.246. The first-order valence-electron chi connectivity index (χ1n) is 7.10. The molecule has 0 bridgehead atoms. The molecule has 20 heavy (non-hydrogen) atoms. The molecule has 0 saturated carbocycles. The van der Waals surface area contributed by atoms with Gasteiger partial charge in [0.15, 0.2) is 0 Å². The summed E-state index contributed by atoms with van der Waals surface area (Å²) in [4.78, 5) is 11.9. The van der Waals surface area contributed by atoms with E-state index in [2.05, 4.69) is 22.9 Å². The van der Waals surface area contributed by atoms with E-state index in [1.54, 1.807) is 7.11 Å². The molecule has 2 unspecified atom stereocenters. The van der Waals surface area contributed by atoms with Crippen LogP contribution in [0, 0.1) is 5.92 Å². The number of urea groups is 1. The normalized spacial score (nSPS) is 22.1. The van der Waals surface area contributed by atoms with Gasteiger partial charge in [-0.1, -0.05) is 12.1 Å². The summed E-state index contributed by atoms with van der Waals surface area (Å²) in [5.41, 5.74) is 0.683. The third kappa shape index (κ3) is 4.13. The van der Waals surface area contributed by atoms with Crippen LogP contribution in [0.2, 0.25) is 0 Å². The molecular weight excluding hydrogens is 254 g/mol. The smallest absolute Gasteiger partial charge is 0.319 e. The number of carbonyl (C=O) groups is 1. The Hall–Kier alpha value is -1.75. The predicted octanol–water partition coefficient (Wildman–Crippen LogP) is 2.20. The molecule has 1 aliphatic rings. The van der Waals surface area contributed by atoms with E-state index in [-0.39, 0.29) is 6.03 Å². The summed E-state index contributed by atoms with van der Waals surface area (Å²) >= 11 is 0. The number of carbonyl (C=O) groups excluding carboxylic acids is 1. The quantitative estimate of drug-likeness (QED) is 0.790. The van der Waals surface area contributed by atoms with Gasteiger partial charge in [-0.3, -0.25) is 0 Å². The fourth-order valence-corrected chi connectivity index (χ4v) is 2.38. The molecule has 5 nitrogen and oxygen atoms in total. The maximum absolute atomic E-state index is 11.9. The Bertz CT molecular complexity index is 442. The first-order valence-corrected chi connectivity index (χ1v) is 7.10. The average Bonchev–Trinajstić information content (AvgIpc) is 2.47. The number of benzene rings is 1. The van der Waals surface area contributed by atoms with Gasteiger partial charge in [0.05, 0.1) is 12.8 Å². The van der Waals surface area contributed by atoms with Gasteiger partial charge in [0.2, 0.25) is 0 Å². The highest BCUT2D eigenvalue weighted by atomic mass is 16.5. The molecule has 0 radical (unpaired) electrons. The van der Waals surface area contributed by atoms with Gasteiger partial charge in [-0.05, 0) is 44.4 Å². The first-order chi connectivity index (χ1) is 9.69. The Kier molecular flexibility index (Phi) is 5.24. The zero-order valence-corrected chi connectivity index (χ0v) is 12.1. The Morgan fingerprint density at radius 2 is 2.20 bits per heavy atom. The molecule has 2 amide bonds. The minimum Gasteiger partial charge on any atom is -0.495 e. The summed E-state index contributed by atoms with van der Waals surface area (Å²) in [5, 5.41) is 9.17. The molecule has 0 spiro atoms. The van der Waals surface area contributed by atoms with Crippen molar-refractivity contribution in [3.8, 4) is 5.75 Å². The number of hydrogen-bond donors (Lipinski definition) is 3. The van der Waals surface area contributed by atoms with Crippen molar-refractivity contribution in [1.29, 1.82) is 0 Å². The maximum atomic E-state index is 11.9. The lowest BCUT2D eigenvalue weighted by Crippen LogP contribution is -2.42. The molecule has 1 aromatic rings. The van der Waals surface area contributed by atoms with Crippen LogP contribution < -0.4 is 20.7 Å². The topological polar surface area (TPSA) is 62.4 Å². The number of nitrogens with one attached hydrogen (secondary N) is 3. The third-order valence-electron chi connectivity index (χ3n) is 3.67. The van der Waals surface area contributed by atoms with E-state index in [4.69, 9.17) is 4.74 Å². The molecule has 2 rings (SSSR count). The van der Waals surface area contributed by atoms with Crippen LogP contribution in [-0.2, 0) is 0 Å². The molecule has 110 valence electrons. The highest BCUT2D eigenvalue weighted by molar-refractivity contribution is 5.90. The minimum atomic E-state index is -0.187. The Morgan fingerprint density at radius 3 is 2.90 bits per heavy atom. The Morgan fingerprint density at radius 1 is 1.40 bits per heavy atom. The number of methoxy groups -OCH3 is 1. The van der Waals surface area contributed by atoms with Crippen molar-refractivity contribution in [2.75, 3.05) is 25.5 Å². The van der Waals surface area contributed by atoms with E-state index in [1.807, 2.05) is 24.3 Å². The number of rotatable bonds is 4. The second-order valence-electron chi connectivity index (χ2n) is 5.29. The standard InChI is InChI=1S/C15H23N3O2/c1-11-7-8-12(9-16-11)10-17-15(19)18-13-5-3-4-6-14(13)20-2/h3-6,11-12,16H,7-10H2,1-2H3,(H2,17,18,19). The van der Waals surface area contributed by atoms with Crippen LogP contribution in [0.1, 0.15) is 19.8 Å². The van der Waals surface area contributed by atoms with Crippen LogP contribution in [0.4, 0.5) is 10.5 Å². The summed E-state index contributed by atoms with van der Waals surface area (Å²) in [5.74, 6) is 1.17. The Labute approximate surface area is 120 Å². The molecular formula is C15H23N3O2. The molecule has 5 heteroatoms. The van der Waals surface area contributed by atoms with Gasteiger partial charge in [-0.25, -0.2) is 4.79 Å². The van der Waals surface area contributed by atoms with Crippen molar-refractivity contribution in [1.82, 2.24) is 10.6 Å². The molecule has 3 N–H and O–H groups in total.